The molecule has 132 valence electrons. The first-order chi connectivity index (χ1) is 13.2. The summed E-state index contributed by atoms with van der Waals surface area (Å²) in [6.07, 6.45) is 1.70. The molecule has 9 heteroatoms. The number of tetrazole rings is 1. The molecule has 0 spiro atoms. The van der Waals surface area contributed by atoms with Crippen LogP contribution in [0.25, 0.3) is 17.1 Å². The lowest BCUT2D eigenvalue weighted by Crippen LogP contribution is -2.04. The van der Waals surface area contributed by atoms with E-state index < -0.39 is 0 Å². The van der Waals surface area contributed by atoms with Crippen LogP contribution in [0.3, 0.4) is 0 Å². The molecule has 0 saturated heterocycles. The van der Waals surface area contributed by atoms with Crippen LogP contribution in [0.5, 0.6) is 0 Å². The van der Waals surface area contributed by atoms with E-state index in [0.29, 0.717) is 23.0 Å². The van der Waals surface area contributed by atoms with Crippen molar-refractivity contribution in [2.24, 2.45) is 0 Å². The summed E-state index contributed by atoms with van der Waals surface area (Å²) in [5.74, 6) is 0.575. The zero-order valence-corrected chi connectivity index (χ0v) is 16.3. The Morgan fingerprint density at radius 1 is 1.15 bits per heavy atom. The molecule has 0 bridgehead atoms. The molecule has 0 fully saturated rings. The molecule has 0 aliphatic carbocycles. The van der Waals surface area contributed by atoms with Crippen molar-refractivity contribution in [1.82, 2.24) is 30.0 Å². The van der Waals surface area contributed by atoms with E-state index in [2.05, 4.69) is 55.3 Å². The van der Waals surface area contributed by atoms with Gasteiger partial charge in [-0.15, -0.1) is 17.7 Å². The summed E-state index contributed by atoms with van der Waals surface area (Å²) < 4.78 is 4.36. The smallest absolute Gasteiger partial charge is 0.186 e. The summed E-state index contributed by atoms with van der Waals surface area (Å²) in [7, 11) is 0. The van der Waals surface area contributed by atoms with E-state index in [1.54, 1.807) is 27.7 Å². The van der Waals surface area contributed by atoms with E-state index in [0.717, 1.165) is 21.3 Å². The summed E-state index contributed by atoms with van der Waals surface area (Å²) in [6.45, 7) is 0.476. The summed E-state index contributed by atoms with van der Waals surface area (Å²) >= 11 is 8.10. The highest BCUT2D eigenvalue weighted by molar-refractivity contribution is 9.10. The molecule has 0 N–H and O–H groups in total. The second kappa shape index (κ2) is 7.34. The van der Waals surface area contributed by atoms with Gasteiger partial charge in [0.15, 0.2) is 5.82 Å². The highest BCUT2D eigenvalue weighted by atomic mass is 79.9. The fourth-order valence-electron chi connectivity index (χ4n) is 2.66. The molecule has 2 aromatic carbocycles. The number of hydrogen-bond donors (Lipinski definition) is 1. The van der Waals surface area contributed by atoms with Crippen LogP contribution in [0.15, 0.2) is 64.2 Å². The third kappa shape index (κ3) is 3.49. The first-order valence-electron chi connectivity index (χ1n) is 7.94. The minimum atomic E-state index is 0.476. The minimum Gasteiger partial charge on any atom is -0.227 e. The van der Waals surface area contributed by atoms with E-state index in [9.17, 15) is 0 Å². The Balaban J connectivity index is 1.67. The Morgan fingerprint density at radius 3 is 2.70 bits per heavy atom. The molecule has 0 aliphatic rings. The van der Waals surface area contributed by atoms with Gasteiger partial charge in [0.1, 0.15) is 5.03 Å². The SMILES string of the molecule is N#Cc1ccc(Cn2nnnc2-c2cnn(-c3cccc(Br)c3)c2S)cc1. The lowest BCUT2D eigenvalue weighted by Gasteiger charge is -2.06. The Hall–Kier alpha value is -2.96. The highest BCUT2D eigenvalue weighted by Crippen LogP contribution is 2.27. The molecular weight excluding hydrogens is 426 g/mol. The van der Waals surface area contributed by atoms with Gasteiger partial charge < -0.3 is 0 Å². The van der Waals surface area contributed by atoms with Crippen molar-refractivity contribution in [2.45, 2.75) is 11.6 Å². The van der Waals surface area contributed by atoms with Crippen molar-refractivity contribution < 1.29 is 0 Å². The third-order valence-electron chi connectivity index (χ3n) is 3.98. The molecule has 4 aromatic rings. The predicted octanol–water partition coefficient (Wildman–Crippen LogP) is 3.50. The second-order valence-corrected chi connectivity index (χ2v) is 7.08. The lowest BCUT2D eigenvalue weighted by atomic mass is 10.1. The molecular formula is C18H12BrN7S. The first kappa shape index (κ1) is 17.5. The van der Waals surface area contributed by atoms with Crippen molar-refractivity contribution in [1.29, 1.82) is 5.26 Å². The van der Waals surface area contributed by atoms with Crippen molar-refractivity contribution in [3.8, 4) is 23.1 Å². The topological polar surface area (TPSA) is 85.2 Å². The van der Waals surface area contributed by atoms with Crippen molar-refractivity contribution in [3.05, 3.63) is 70.3 Å². The average Bonchev–Trinajstić information content (AvgIpc) is 3.28. The van der Waals surface area contributed by atoms with Crippen LogP contribution >= 0.6 is 28.6 Å². The molecule has 4 rings (SSSR count). The van der Waals surface area contributed by atoms with Crippen LogP contribution in [0, 0.1) is 11.3 Å². The maximum absolute atomic E-state index is 8.91. The molecule has 0 radical (unpaired) electrons. The van der Waals surface area contributed by atoms with Gasteiger partial charge in [-0.1, -0.05) is 34.1 Å². The van der Waals surface area contributed by atoms with Gasteiger partial charge in [-0.3, -0.25) is 0 Å². The quantitative estimate of drug-likeness (QED) is 0.493. The van der Waals surface area contributed by atoms with E-state index in [1.165, 1.54) is 0 Å². The number of thiol groups is 1. The predicted molar refractivity (Wildman–Crippen MR) is 106 cm³/mol. The van der Waals surface area contributed by atoms with Crippen molar-refractivity contribution >= 4 is 28.6 Å². The van der Waals surface area contributed by atoms with Crippen LogP contribution in [0.1, 0.15) is 11.1 Å². The van der Waals surface area contributed by atoms with Gasteiger partial charge in [0.2, 0.25) is 0 Å². The summed E-state index contributed by atoms with van der Waals surface area (Å²) in [4.78, 5) is 0. The molecule has 2 aromatic heterocycles. The maximum atomic E-state index is 8.91. The van der Waals surface area contributed by atoms with Gasteiger partial charge >= 0.3 is 0 Å². The number of benzene rings is 2. The Bertz CT molecular complexity index is 1140. The number of rotatable bonds is 4. The highest BCUT2D eigenvalue weighted by Gasteiger charge is 2.17. The molecule has 2 heterocycles. The summed E-state index contributed by atoms with van der Waals surface area (Å²) in [6, 6.07) is 17.2. The number of nitriles is 1. The van der Waals surface area contributed by atoms with E-state index >= 15 is 0 Å². The van der Waals surface area contributed by atoms with E-state index in [4.69, 9.17) is 5.26 Å². The number of aromatic nitrogens is 6. The monoisotopic (exact) mass is 437 g/mol. The van der Waals surface area contributed by atoms with E-state index in [-0.39, 0.29) is 0 Å². The Labute approximate surface area is 168 Å². The van der Waals surface area contributed by atoms with Crippen LogP contribution in [0.4, 0.5) is 0 Å². The van der Waals surface area contributed by atoms with Crippen LogP contribution in [-0.2, 0) is 6.54 Å². The standard InChI is InChI=1S/C18H12BrN7S/c19-14-2-1-3-15(8-14)26-18(27)16(10-21-26)17-22-23-24-25(17)11-13-6-4-12(9-20)5-7-13/h1-8,10,27H,11H2. The number of hydrogen-bond acceptors (Lipinski definition) is 6. The Morgan fingerprint density at radius 2 is 1.96 bits per heavy atom. The first-order valence-corrected chi connectivity index (χ1v) is 9.18. The molecule has 0 amide bonds. The van der Waals surface area contributed by atoms with Gasteiger partial charge in [0, 0.05) is 4.47 Å². The second-order valence-electron chi connectivity index (χ2n) is 5.74. The van der Waals surface area contributed by atoms with Gasteiger partial charge in [-0.05, 0) is 46.3 Å². The minimum absolute atomic E-state index is 0.476. The van der Waals surface area contributed by atoms with Gasteiger partial charge in [-0.2, -0.15) is 10.4 Å². The summed E-state index contributed by atoms with van der Waals surface area (Å²) in [5, 5.41) is 26.0. The molecule has 0 saturated carbocycles. The Kier molecular flexibility index (Phi) is 4.75. The van der Waals surface area contributed by atoms with Crippen LogP contribution in [0.2, 0.25) is 0 Å². The zero-order chi connectivity index (χ0) is 18.8. The van der Waals surface area contributed by atoms with E-state index in [1.807, 2.05) is 36.4 Å². The van der Waals surface area contributed by atoms with Gasteiger partial charge in [-0.25, -0.2) is 9.36 Å². The lowest BCUT2D eigenvalue weighted by molar-refractivity contribution is 0.652. The van der Waals surface area contributed by atoms with Crippen LogP contribution < -0.4 is 0 Å². The number of nitrogens with zero attached hydrogens (tertiary/aromatic N) is 7. The normalized spacial score (nSPS) is 10.7. The maximum Gasteiger partial charge on any atom is 0.186 e. The zero-order valence-electron chi connectivity index (χ0n) is 13.9. The molecule has 27 heavy (non-hydrogen) atoms. The molecule has 0 unspecified atom stereocenters. The van der Waals surface area contributed by atoms with Crippen LogP contribution in [-0.4, -0.2) is 30.0 Å². The fourth-order valence-corrected chi connectivity index (χ4v) is 3.37. The molecule has 7 nitrogen and oxygen atoms in total. The third-order valence-corrected chi connectivity index (χ3v) is 4.91. The largest absolute Gasteiger partial charge is 0.227 e. The van der Waals surface area contributed by atoms with Gasteiger partial charge in [0.05, 0.1) is 35.6 Å². The molecule has 0 aliphatic heterocycles. The van der Waals surface area contributed by atoms with Crippen molar-refractivity contribution in [3.63, 3.8) is 0 Å². The summed E-state index contributed by atoms with van der Waals surface area (Å²) in [5.41, 5.74) is 3.22. The fraction of sp³-hybridized carbons (Fsp3) is 0.0556. The molecule has 0 atom stereocenters. The van der Waals surface area contributed by atoms with Gasteiger partial charge in [0.25, 0.3) is 0 Å². The van der Waals surface area contributed by atoms with Crippen molar-refractivity contribution in [2.75, 3.05) is 0 Å². The number of halogens is 1. The average molecular weight is 438 g/mol.